The van der Waals surface area contributed by atoms with Gasteiger partial charge in [-0.1, -0.05) is 70.7 Å². The number of carbonyl (C=O) groups is 1. The molecule has 1 heterocycles. The molecule has 2 N–H and O–H groups in total. The Labute approximate surface area is 191 Å². The third-order valence-corrected chi connectivity index (χ3v) is 7.15. The van der Waals surface area contributed by atoms with Gasteiger partial charge in [-0.3, -0.25) is 15.6 Å². The molecule has 0 radical (unpaired) electrons. The van der Waals surface area contributed by atoms with Crippen molar-refractivity contribution in [1.82, 2.24) is 15.8 Å². The molecule has 7 heteroatoms. The Hall–Kier alpha value is -2.61. The van der Waals surface area contributed by atoms with Crippen molar-refractivity contribution in [2.24, 2.45) is 0 Å². The van der Waals surface area contributed by atoms with Crippen LogP contribution in [0.5, 0.6) is 0 Å². The summed E-state index contributed by atoms with van der Waals surface area (Å²) in [6, 6.07) is 23.4. The zero-order valence-corrected chi connectivity index (χ0v) is 19.1. The van der Waals surface area contributed by atoms with Crippen LogP contribution in [-0.4, -0.2) is 10.9 Å². The van der Waals surface area contributed by atoms with E-state index < -0.39 is 0 Å². The van der Waals surface area contributed by atoms with Crippen molar-refractivity contribution in [3.63, 3.8) is 0 Å². The van der Waals surface area contributed by atoms with Crippen molar-refractivity contribution in [3.8, 4) is 0 Å². The van der Waals surface area contributed by atoms with Crippen molar-refractivity contribution in [2.45, 2.75) is 10.1 Å². The Morgan fingerprint density at radius 3 is 2.40 bits per heavy atom. The molecule has 0 aliphatic heterocycles. The lowest BCUT2D eigenvalue weighted by Gasteiger charge is -2.11. The summed E-state index contributed by atoms with van der Waals surface area (Å²) >= 11 is 6.81. The van der Waals surface area contributed by atoms with Gasteiger partial charge in [0.05, 0.1) is 15.9 Å². The molecule has 3 aromatic carbocycles. The fourth-order valence-electron chi connectivity index (χ4n) is 2.74. The maximum Gasteiger partial charge on any atom is 0.269 e. The molecular formula is C23H18BrN3OS2. The molecule has 0 saturated carbocycles. The molecule has 4 aromatic rings. The molecule has 150 valence electrons. The van der Waals surface area contributed by atoms with Gasteiger partial charge in [0.2, 0.25) is 0 Å². The molecular weight excluding hydrogens is 478 g/mol. The van der Waals surface area contributed by atoms with E-state index in [1.807, 2.05) is 66.7 Å². The molecule has 4 rings (SSSR count). The lowest BCUT2D eigenvalue weighted by atomic mass is 10.1. The number of hydrogen-bond donors (Lipinski definition) is 2. The molecule has 0 unspecified atom stereocenters. The minimum Gasteiger partial charge on any atom is -0.298 e. The highest BCUT2D eigenvalue weighted by Crippen LogP contribution is 2.31. The molecule has 30 heavy (non-hydrogen) atoms. The van der Waals surface area contributed by atoms with Crippen LogP contribution >= 0.6 is 39.0 Å². The number of aromatic nitrogens is 1. The highest BCUT2D eigenvalue weighted by molar-refractivity contribution is 9.10. The number of carbonyl (C=O) groups excluding carboxylic acids is 1. The Morgan fingerprint density at radius 2 is 1.67 bits per heavy atom. The second-order valence-electron chi connectivity index (χ2n) is 6.50. The Morgan fingerprint density at radius 1 is 0.967 bits per heavy atom. The van der Waals surface area contributed by atoms with E-state index in [0.717, 1.165) is 31.2 Å². The average Bonchev–Trinajstić information content (AvgIpc) is 3.20. The summed E-state index contributed by atoms with van der Waals surface area (Å²) in [5.74, 6) is 0.596. The lowest BCUT2D eigenvalue weighted by molar-refractivity contribution is 0.0942. The van der Waals surface area contributed by atoms with E-state index in [1.165, 1.54) is 4.70 Å². The maximum atomic E-state index is 12.4. The van der Waals surface area contributed by atoms with Crippen LogP contribution in [0, 0.1) is 0 Å². The lowest BCUT2D eigenvalue weighted by Crippen LogP contribution is -2.35. The first-order chi connectivity index (χ1) is 14.6. The van der Waals surface area contributed by atoms with Crippen LogP contribution in [0.15, 0.2) is 88.2 Å². The number of nitrogens with one attached hydrogen (secondary N) is 2. The molecule has 0 aliphatic rings. The number of hydrazine groups is 1. The van der Waals surface area contributed by atoms with Gasteiger partial charge in [0.1, 0.15) is 0 Å². The van der Waals surface area contributed by atoms with Gasteiger partial charge in [-0.2, -0.15) is 0 Å². The summed E-state index contributed by atoms with van der Waals surface area (Å²) in [6.45, 7) is 3.95. The highest BCUT2D eigenvalue weighted by Gasteiger charge is 2.08. The second-order valence-corrected chi connectivity index (χ2v) is 9.67. The van der Waals surface area contributed by atoms with Crippen LogP contribution in [0.2, 0.25) is 0 Å². The number of thioether (sulfide) groups is 1. The van der Waals surface area contributed by atoms with E-state index in [-0.39, 0.29) is 5.91 Å². The quantitative estimate of drug-likeness (QED) is 0.234. The number of halogens is 1. The largest absolute Gasteiger partial charge is 0.298 e. The maximum absolute atomic E-state index is 12.4. The third-order valence-electron chi connectivity index (χ3n) is 4.37. The minimum atomic E-state index is -0.210. The van der Waals surface area contributed by atoms with E-state index >= 15 is 0 Å². The SMILES string of the molecule is C=C(NNC(=O)c1ccc(CSc2nc3ccccc3s2)cc1)c1ccc(Br)cc1. The standard InChI is InChI=1S/C23H18BrN3OS2/c1-15(17-10-12-19(24)13-11-17)26-27-22(28)18-8-6-16(7-9-18)14-29-23-25-20-4-2-3-5-21(20)30-23/h2-13,26H,1,14H2,(H,27,28). The number of para-hydroxylation sites is 1. The first kappa shape index (κ1) is 20.7. The van der Waals surface area contributed by atoms with Gasteiger partial charge >= 0.3 is 0 Å². The van der Waals surface area contributed by atoms with E-state index in [9.17, 15) is 4.79 Å². The highest BCUT2D eigenvalue weighted by atomic mass is 79.9. The fourth-order valence-corrected chi connectivity index (χ4v) is 5.03. The Kier molecular flexibility index (Phi) is 6.52. The number of amides is 1. The first-order valence-corrected chi connectivity index (χ1v) is 11.8. The van der Waals surface area contributed by atoms with Gasteiger partial charge < -0.3 is 0 Å². The number of hydrogen-bond acceptors (Lipinski definition) is 5. The first-order valence-electron chi connectivity index (χ1n) is 9.17. The zero-order chi connectivity index (χ0) is 20.9. The van der Waals surface area contributed by atoms with Gasteiger partial charge in [-0.25, -0.2) is 4.98 Å². The van der Waals surface area contributed by atoms with E-state index in [0.29, 0.717) is 11.3 Å². The van der Waals surface area contributed by atoms with Gasteiger partial charge in [0.25, 0.3) is 5.91 Å². The van der Waals surface area contributed by atoms with E-state index in [2.05, 4.69) is 44.4 Å². The monoisotopic (exact) mass is 495 g/mol. The number of thiazole rings is 1. The van der Waals surface area contributed by atoms with Crippen LogP contribution in [0.1, 0.15) is 21.5 Å². The summed E-state index contributed by atoms with van der Waals surface area (Å²) in [5.41, 5.74) is 9.85. The molecule has 0 spiro atoms. The smallest absolute Gasteiger partial charge is 0.269 e. The molecule has 0 atom stereocenters. The van der Waals surface area contributed by atoms with Crippen LogP contribution in [0.3, 0.4) is 0 Å². The van der Waals surface area contributed by atoms with E-state index in [4.69, 9.17) is 0 Å². The summed E-state index contributed by atoms with van der Waals surface area (Å²) in [5, 5.41) is 0. The molecule has 0 fully saturated rings. The van der Waals surface area contributed by atoms with Crippen LogP contribution in [-0.2, 0) is 5.75 Å². The van der Waals surface area contributed by atoms with Crippen molar-refractivity contribution in [2.75, 3.05) is 0 Å². The van der Waals surface area contributed by atoms with Gasteiger partial charge in [-0.15, -0.1) is 11.3 Å². The summed E-state index contributed by atoms with van der Waals surface area (Å²) in [7, 11) is 0. The average molecular weight is 496 g/mol. The summed E-state index contributed by atoms with van der Waals surface area (Å²) in [4.78, 5) is 17.0. The van der Waals surface area contributed by atoms with Gasteiger partial charge in [-0.05, 0) is 47.5 Å². The van der Waals surface area contributed by atoms with Crippen molar-refractivity contribution in [1.29, 1.82) is 0 Å². The van der Waals surface area contributed by atoms with Crippen molar-refractivity contribution in [3.05, 3.63) is 101 Å². The number of fused-ring (bicyclic) bond motifs is 1. The molecule has 1 amide bonds. The minimum absolute atomic E-state index is 0.210. The van der Waals surface area contributed by atoms with Crippen LogP contribution in [0.4, 0.5) is 0 Å². The Balaban J connectivity index is 1.30. The van der Waals surface area contributed by atoms with E-state index in [1.54, 1.807) is 23.1 Å². The number of nitrogens with zero attached hydrogens (tertiary/aromatic N) is 1. The van der Waals surface area contributed by atoms with Gasteiger partial charge in [0, 0.05) is 15.8 Å². The molecule has 0 bridgehead atoms. The summed E-state index contributed by atoms with van der Waals surface area (Å²) in [6.07, 6.45) is 0. The third kappa shape index (κ3) is 5.11. The van der Waals surface area contributed by atoms with Crippen molar-refractivity contribution >= 4 is 60.8 Å². The number of rotatable bonds is 7. The zero-order valence-electron chi connectivity index (χ0n) is 15.9. The topological polar surface area (TPSA) is 54.0 Å². The molecule has 0 saturated heterocycles. The predicted molar refractivity (Wildman–Crippen MR) is 129 cm³/mol. The fraction of sp³-hybridized carbons (Fsp3) is 0.0435. The molecule has 1 aromatic heterocycles. The van der Waals surface area contributed by atoms with Crippen molar-refractivity contribution < 1.29 is 4.79 Å². The molecule has 4 nitrogen and oxygen atoms in total. The Bertz CT molecular complexity index is 1150. The van der Waals surface area contributed by atoms with Crippen LogP contribution < -0.4 is 10.9 Å². The van der Waals surface area contributed by atoms with Crippen LogP contribution in [0.25, 0.3) is 15.9 Å². The van der Waals surface area contributed by atoms with Gasteiger partial charge in [0.15, 0.2) is 4.34 Å². The predicted octanol–water partition coefficient (Wildman–Crippen LogP) is 6.26. The summed E-state index contributed by atoms with van der Waals surface area (Å²) < 4.78 is 3.24. The normalized spacial score (nSPS) is 10.7. The second kappa shape index (κ2) is 9.47. The number of benzene rings is 3. The molecule has 0 aliphatic carbocycles.